The lowest BCUT2D eigenvalue weighted by atomic mass is 10.0. The highest BCUT2D eigenvalue weighted by Crippen LogP contribution is 2.29. The molecule has 2 aromatic heterocycles. The average molecular weight is 278 g/mol. The van der Waals surface area contributed by atoms with Gasteiger partial charge in [-0.05, 0) is 32.1 Å². The maximum atomic E-state index is 9.33. The van der Waals surface area contributed by atoms with Gasteiger partial charge in [-0.15, -0.1) is 5.10 Å². The minimum atomic E-state index is -0.0551. The van der Waals surface area contributed by atoms with Gasteiger partial charge >= 0.3 is 0 Å². The topological polar surface area (TPSA) is 63.8 Å². The van der Waals surface area contributed by atoms with Crippen molar-refractivity contribution in [2.45, 2.75) is 52.1 Å². The summed E-state index contributed by atoms with van der Waals surface area (Å²) in [5.41, 5.74) is 2.90. The SMILES string of the molecule is CCCc1c(CO)nnn1-c1nc2c(s1)CCCC2. The second-order valence-electron chi connectivity index (χ2n) is 4.88. The maximum Gasteiger partial charge on any atom is 0.212 e. The molecule has 6 heteroatoms. The van der Waals surface area contributed by atoms with E-state index in [0.717, 1.165) is 36.5 Å². The van der Waals surface area contributed by atoms with E-state index in [1.165, 1.54) is 23.4 Å². The predicted octanol–water partition coefficient (Wildman–Crippen LogP) is 2.05. The van der Waals surface area contributed by atoms with Gasteiger partial charge in [0.05, 0.1) is 18.0 Å². The third kappa shape index (κ3) is 2.30. The van der Waals surface area contributed by atoms with Gasteiger partial charge in [-0.1, -0.05) is 29.9 Å². The summed E-state index contributed by atoms with van der Waals surface area (Å²) in [7, 11) is 0. The van der Waals surface area contributed by atoms with E-state index >= 15 is 0 Å². The van der Waals surface area contributed by atoms with E-state index in [2.05, 4.69) is 17.2 Å². The molecule has 2 heterocycles. The number of aromatic nitrogens is 4. The Morgan fingerprint density at radius 2 is 2.16 bits per heavy atom. The third-order valence-corrected chi connectivity index (χ3v) is 4.63. The summed E-state index contributed by atoms with van der Waals surface area (Å²) in [5, 5.41) is 18.5. The summed E-state index contributed by atoms with van der Waals surface area (Å²) in [6.45, 7) is 2.06. The van der Waals surface area contributed by atoms with Crippen LogP contribution in [0.25, 0.3) is 5.13 Å². The van der Waals surface area contributed by atoms with Crippen LogP contribution in [-0.2, 0) is 25.9 Å². The Balaban J connectivity index is 2.01. The molecule has 5 nitrogen and oxygen atoms in total. The molecule has 0 aromatic carbocycles. The molecule has 0 bridgehead atoms. The molecular weight excluding hydrogens is 260 g/mol. The molecular formula is C13H18N4OS. The number of aryl methyl sites for hydroxylation is 2. The van der Waals surface area contributed by atoms with Crippen LogP contribution in [0.5, 0.6) is 0 Å². The molecule has 0 atom stereocenters. The summed E-state index contributed by atoms with van der Waals surface area (Å²) in [5.74, 6) is 0. The van der Waals surface area contributed by atoms with Crippen LogP contribution in [0.1, 0.15) is 48.1 Å². The van der Waals surface area contributed by atoms with E-state index in [4.69, 9.17) is 4.98 Å². The molecule has 19 heavy (non-hydrogen) atoms. The number of aliphatic hydroxyl groups is 1. The molecule has 2 aromatic rings. The molecule has 1 aliphatic rings. The number of rotatable bonds is 4. The van der Waals surface area contributed by atoms with Crippen molar-refractivity contribution in [1.82, 2.24) is 20.0 Å². The number of thiazole rings is 1. The van der Waals surface area contributed by atoms with Gasteiger partial charge in [0.15, 0.2) is 0 Å². The van der Waals surface area contributed by atoms with Gasteiger partial charge < -0.3 is 5.11 Å². The van der Waals surface area contributed by atoms with Crippen LogP contribution in [-0.4, -0.2) is 25.1 Å². The first-order valence-electron chi connectivity index (χ1n) is 6.86. The first-order chi connectivity index (χ1) is 9.33. The molecule has 0 unspecified atom stereocenters. The van der Waals surface area contributed by atoms with Gasteiger partial charge in [0, 0.05) is 4.88 Å². The van der Waals surface area contributed by atoms with Crippen LogP contribution in [0, 0.1) is 0 Å². The van der Waals surface area contributed by atoms with Crippen molar-refractivity contribution in [3.63, 3.8) is 0 Å². The number of fused-ring (bicyclic) bond motifs is 1. The molecule has 0 spiro atoms. The zero-order chi connectivity index (χ0) is 13.2. The van der Waals surface area contributed by atoms with E-state index in [1.54, 1.807) is 11.3 Å². The largest absolute Gasteiger partial charge is 0.390 e. The second-order valence-corrected chi connectivity index (χ2v) is 5.94. The highest BCUT2D eigenvalue weighted by molar-refractivity contribution is 7.14. The molecule has 102 valence electrons. The van der Waals surface area contributed by atoms with E-state index in [1.807, 2.05) is 4.68 Å². The van der Waals surface area contributed by atoms with Crippen LogP contribution in [0.4, 0.5) is 0 Å². The molecule has 3 rings (SSSR count). The molecule has 0 radical (unpaired) electrons. The summed E-state index contributed by atoms with van der Waals surface area (Å²) >= 11 is 1.72. The number of nitrogens with zero attached hydrogens (tertiary/aromatic N) is 4. The smallest absolute Gasteiger partial charge is 0.212 e. The highest BCUT2D eigenvalue weighted by Gasteiger charge is 2.19. The highest BCUT2D eigenvalue weighted by atomic mass is 32.1. The lowest BCUT2D eigenvalue weighted by Crippen LogP contribution is -2.04. The van der Waals surface area contributed by atoms with Crippen molar-refractivity contribution in [1.29, 1.82) is 0 Å². The molecule has 1 aliphatic carbocycles. The first-order valence-corrected chi connectivity index (χ1v) is 7.68. The fourth-order valence-corrected chi connectivity index (χ4v) is 3.65. The van der Waals surface area contributed by atoms with E-state index in [-0.39, 0.29) is 6.61 Å². The summed E-state index contributed by atoms with van der Waals surface area (Å²) in [6, 6.07) is 0. The summed E-state index contributed by atoms with van der Waals surface area (Å²) in [4.78, 5) is 6.10. The summed E-state index contributed by atoms with van der Waals surface area (Å²) < 4.78 is 1.82. The lowest BCUT2D eigenvalue weighted by Gasteiger charge is -2.06. The van der Waals surface area contributed by atoms with Gasteiger partial charge in [-0.2, -0.15) is 4.68 Å². The van der Waals surface area contributed by atoms with Crippen LogP contribution in [0.2, 0.25) is 0 Å². The zero-order valence-electron chi connectivity index (χ0n) is 11.1. The van der Waals surface area contributed by atoms with E-state index in [0.29, 0.717) is 5.69 Å². The maximum absolute atomic E-state index is 9.33. The number of hydrogen-bond donors (Lipinski definition) is 1. The Labute approximate surface area is 116 Å². The Morgan fingerprint density at radius 1 is 1.32 bits per heavy atom. The van der Waals surface area contributed by atoms with Gasteiger partial charge in [-0.25, -0.2) is 4.98 Å². The van der Waals surface area contributed by atoms with Crippen molar-refractivity contribution in [3.05, 3.63) is 22.0 Å². The average Bonchev–Trinajstić information content (AvgIpc) is 3.01. The summed E-state index contributed by atoms with van der Waals surface area (Å²) in [6.07, 6.45) is 6.58. The van der Waals surface area contributed by atoms with Gasteiger partial charge in [-0.3, -0.25) is 0 Å². The molecule has 0 saturated heterocycles. The first kappa shape index (κ1) is 12.7. The van der Waals surface area contributed by atoms with E-state index < -0.39 is 0 Å². The van der Waals surface area contributed by atoms with E-state index in [9.17, 15) is 5.11 Å². The van der Waals surface area contributed by atoms with Gasteiger partial charge in [0.25, 0.3) is 0 Å². The molecule has 0 fully saturated rings. The number of hydrogen-bond acceptors (Lipinski definition) is 5. The van der Waals surface area contributed by atoms with Crippen molar-refractivity contribution in [3.8, 4) is 5.13 Å². The van der Waals surface area contributed by atoms with Gasteiger partial charge in [0.2, 0.25) is 5.13 Å². The Hall–Kier alpha value is -1.27. The molecule has 0 saturated carbocycles. The fraction of sp³-hybridized carbons (Fsp3) is 0.615. The Morgan fingerprint density at radius 3 is 2.89 bits per heavy atom. The minimum absolute atomic E-state index is 0.0551. The second kappa shape index (κ2) is 5.38. The fourth-order valence-electron chi connectivity index (χ4n) is 2.53. The zero-order valence-corrected chi connectivity index (χ0v) is 11.9. The van der Waals surface area contributed by atoms with Crippen molar-refractivity contribution in [2.24, 2.45) is 0 Å². The van der Waals surface area contributed by atoms with Crippen molar-refractivity contribution in [2.75, 3.05) is 0 Å². The minimum Gasteiger partial charge on any atom is -0.390 e. The Kier molecular flexibility index (Phi) is 3.61. The van der Waals surface area contributed by atoms with Crippen LogP contribution >= 0.6 is 11.3 Å². The van der Waals surface area contributed by atoms with Crippen molar-refractivity contribution < 1.29 is 5.11 Å². The van der Waals surface area contributed by atoms with Crippen LogP contribution < -0.4 is 0 Å². The normalized spacial score (nSPS) is 14.6. The predicted molar refractivity (Wildman–Crippen MR) is 73.6 cm³/mol. The molecule has 0 amide bonds. The third-order valence-electron chi connectivity index (χ3n) is 3.50. The quantitative estimate of drug-likeness (QED) is 0.929. The standard InChI is InChI=1S/C13H18N4OS/c1-2-5-11-10(8-18)15-16-17(11)13-14-9-6-3-4-7-12(9)19-13/h18H,2-8H2,1H3. The van der Waals surface area contributed by atoms with Crippen LogP contribution in [0.15, 0.2) is 0 Å². The number of aliphatic hydroxyl groups excluding tert-OH is 1. The lowest BCUT2D eigenvalue weighted by molar-refractivity contribution is 0.275. The molecule has 1 N–H and O–H groups in total. The van der Waals surface area contributed by atoms with Crippen LogP contribution in [0.3, 0.4) is 0 Å². The Bertz CT molecular complexity index is 552. The van der Waals surface area contributed by atoms with Crippen molar-refractivity contribution >= 4 is 11.3 Å². The monoisotopic (exact) mass is 278 g/mol. The molecule has 0 aliphatic heterocycles. The van der Waals surface area contributed by atoms with Gasteiger partial charge in [0.1, 0.15) is 5.69 Å².